The molecule has 0 aliphatic carbocycles. The number of thiazole rings is 1. The summed E-state index contributed by atoms with van der Waals surface area (Å²) in [6.07, 6.45) is -10.7. The van der Waals surface area contributed by atoms with Crippen molar-refractivity contribution < 1.29 is 35.9 Å². The largest absolute Gasteiger partial charge is 0.484 e. The van der Waals surface area contributed by atoms with E-state index in [0.717, 1.165) is 11.5 Å². The van der Waals surface area contributed by atoms with Crippen LogP contribution in [0.1, 0.15) is 4.88 Å². The Labute approximate surface area is 153 Å². The smallest absolute Gasteiger partial charge is 0.439 e. The first-order valence-corrected chi connectivity index (χ1v) is 8.09. The molecule has 148 valence electrons. The van der Waals surface area contributed by atoms with E-state index in [1.165, 1.54) is 36.5 Å². The lowest BCUT2D eigenvalue weighted by atomic mass is 10.1. The van der Waals surface area contributed by atoms with Gasteiger partial charge in [0.15, 0.2) is 11.7 Å². The fraction of sp³-hybridized carbons (Fsp3) is 0.333. The van der Waals surface area contributed by atoms with Gasteiger partial charge in [-0.1, -0.05) is 18.2 Å². The molecule has 0 saturated heterocycles. The van der Waals surface area contributed by atoms with E-state index in [4.69, 9.17) is 4.74 Å². The van der Waals surface area contributed by atoms with Gasteiger partial charge >= 0.3 is 18.0 Å². The maximum absolute atomic E-state index is 13.4. The number of para-hydroxylation sites is 1. The number of ether oxygens (including phenoxy) is 1. The molecule has 0 atom stereocenters. The minimum atomic E-state index is -5.91. The van der Waals surface area contributed by atoms with E-state index in [-0.39, 0.29) is 5.75 Å². The summed E-state index contributed by atoms with van der Waals surface area (Å²) in [5, 5.41) is 1.63. The number of halogens is 6. The van der Waals surface area contributed by atoms with Crippen molar-refractivity contribution in [2.75, 3.05) is 11.9 Å². The molecule has 2 N–H and O–H groups in total. The molecule has 0 aliphatic heterocycles. The van der Waals surface area contributed by atoms with E-state index in [1.807, 2.05) is 0 Å². The second-order valence-corrected chi connectivity index (χ2v) is 6.53. The lowest BCUT2D eigenvalue weighted by molar-refractivity contribution is -0.296. The van der Waals surface area contributed by atoms with Crippen molar-refractivity contribution in [2.45, 2.75) is 24.9 Å². The zero-order valence-electron chi connectivity index (χ0n) is 13.6. The van der Waals surface area contributed by atoms with Crippen LogP contribution < -0.4 is 15.4 Å². The molecule has 0 spiro atoms. The summed E-state index contributed by atoms with van der Waals surface area (Å²) in [5.74, 6) is -1.50. The maximum Gasteiger partial charge on any atom is 0.439 e. The van der Waals surface area contributed by atoms with Crippen molar-refractivity contribution >= 4 is 22.4 Å². The lowest BCUT2D eigenvalue weighted by Crippen LogP contribution is -2.72. The number of amides is 1. The number of nitrogens with one attached hydrogen (secondary N) is 2. The number of benzene rings is 1. The molecule has 1 amide bonds. The number of hydrogen-bond donors (Lipinski definition) is 2. The average molecular weight is 413 g/mol. The summed E-state index contributed by atoms with van der Waals surface area (Å²) in [5.41, 5.74) is -4.72. The molecule has 0 fully saturated rings. The van der Waals surface area contributed by atoms with Gasteiger partial charge in [0, 0.05) is 11.1 Å². The third-order valence-electron chi connectivity index (χ3n) is 3.21. The zero-order valence-corrected chi connectivity index (χ0v) is 14.4. The number of carbonyl (C=O) groups excluding carboxylic acids is 1. The molecule has 2 rings (SSSR count). The molecule has 0 unspecified atom stereocenters. The standard InChI is InChI=1S/C15H13F6N3O2S/c1-9-7-22-12(27-9)24-13(14(16,17)18,15(19,20)21)23-11(25)8-26-10-5-3-2-4-6-10/h2-7H,8H2,1H3,(H,22,24)(H,23,25). The summed E-state index contributed by atoms with van der Waals surface area (Å²) >= 11 is 0.579. The summed E-state index contributed by atoms with van der Waals surface area (Å²) in [7, 11) is 0. The second-order valence-electron chi connectivity index (χ2n) is 5.30. The Morgan fingerprint density at radius 2 is 1.70 bits per heavy atom. The van der Waals surface area contributed by atoms with Crippen LogP contribution >= 0.6 is 11.3 Å². The molecule has 0 bridgehead atoms. The highest BCUT2D eigenvalue weighted by atomic mass is 32.1. The monoisotopic (exact) mass is 413 g/mol. The molecule has 0 saturated carbocycles. The Balaban J connectivity index is 2.26. The van der Waals surface area contributed by atoms with Crippen LogP contribution in [0.15, 0.2) is 36.5 Å². The highest BCUT2D eigenvalue weighted by molar-refractivity contribution is 7.15. The van der Waals surface area contributed by atoms with Crippen molar-refractivity contribution in [3.63, 3.8) is 0 Å². The Bertz CT molecular complexity index is 762. The first kappa shape index (κ1) is 20.8. The number of hydrogen-bond acceptors (Lipinski definition) is 5. The lowest BCUT2D eigenvalue weighted by Gasteiger charge is -2.38. The van der Waals surface area contributed by atoms with Gasteiger partial charge in [0.2, 0.25) is 0 Å². The van der Waals surface area contributed by atoms with Crippen LogP contribution in [0.25, 0.3) is 0 Å². The Hall–Kier alpha value is -2.50. The molecular formula is C15H13F6N3O2S. The van der Waals surface area contributed by atoms with Gasteiger partial charge in [-0.05, 0) is 19.1 Å². The molecule has 27 heavy (non-hydrogen) atoms. The van der Waals surface area contributed by atoms with Gasteiger partial charge in [0.05, 0.1) is 0 Å². The van der Waals surface area contributed by atoms with E-state index in [0.29, 0.717) is 16.2 Å². The van der Waals surface area contributed by atoms with Gasteiger partial charge < -0.3 is 15.4 Å². The predicted molar refractivity (Wildman–Crippen MR) is 85.4 cm³/mol. The first-order valence-electron chi connectivity index (χ1n) is 7.27. The molecule has 5 nitrogen and oxygen atoms in total. The number of carbonyl (C=O) groups is 1. The van der Waals surface area contributed by atoms with Gasteiger partial charge in [-0.25, -0.2) is 4.98 Å². The second kappa shape index (κ2) is 7.62. The fourth-order valence-electron chi connectivity index (χ4n) is 1.96. The number of nitrogens with zero attached hydrogens (tertiary/aromatic N) is 1. The average Bonchev–Trinajstić information content (AvgIpc) is 2.96. The van der Waals surface area contributed by atoms with Gasteiger partial charge in [0.1, 0.15) is 5.75 Å². The van der Waals surface area contributed by atoms with E-state index < -0.39 is 35.7 Å². The number of rotatable bonds is 6. The predicted octanol–water partition coefficient (Wildman–Crippen LogP) is 3.88. The third-order valence-corrected chi connectivity index (χ3v) is 4.03. The molecule has 0 aliphatic rings. The van der Waals surface area contributed by atoms with Gasteiger partial charge in [-0.15, -0.1) is 11.3 Å². The zero-order chi connectivity index (χ0) is 20.3. The van der Waals surface area contributed by atoms with Crippen molar-refractivity contribution in [3.05, 3.63) is 41.4 Å². The third kappa shape index (κ3) is 4.81. The Kier molecular flexibility index (Phi) is 5.88. The van der Waals surface area contributed by atoms with Crippen LogP contribution in [0.2, 0.25) is 0 Å². The molecule has 1 aromatic heterocycles. The molecule has 12 heteroatoms. The Morgan fingerprint density at radius 3 is 2.19 bits per heavy atom. The first-order chi connectivity index (χ1) is 12.4. The van der Waals surface area contributed by atoms with Crippen LogP contribution in [0, 0.1) is 6.92 Å². The van der Waals surface area contributed by atoms with Crippen LogP contribution in [-0.4, -0.2) is 35.5 Å². The van der Waals surface area contributed by atoms with Crippen LogP contribution in [0.5, 0.6) is 5.75 Å². The van der Waals surface area contributed by atoms with Crippen molar-refractivity contribution in [2.24, 2.45) is 0 Å². The number of anilines is 1. The van der Waals surface area contributed by atoms with Gasteiger partial charge in [0.25, 0.3) is 5.91 Å². The number of alkyl halides is 6. The molecule has 1 heterocycles. The quantitative estimate of drug-likeness (QED) is 0.558. The number of aryl methyl sites for hydroxylation is 1. The SMILES string of the molecule is Cc1cnc(NC(NC(=O)COc2ccccc2)(C(F)(F)F)C(F)(F)F)s1. The highest BCUT2D eigenvalue weighted by Gasteiger charge is 2.73. The topological polar surface area (TPSA) is 63.2 Å². The van der Waals surface area contributed by atoms with E-state index >= 15 is 0 Å². The molecule has 2 aromatic rings. The molecule has 1 aromatic carbocycles. The van der Waals surface area contributed by atoms with Crippen molar-refractivity contribution in [3.8, 4) is 5.75 Å². The maximum atomic E-state index is 13.4. The molecular weight excluding hydrogens is 400 g/mol. The summed E-state index contributed by atoms with van der Waals surface area (Å²) < 4.78 is 85.5. The van der Waals surface area contributed by atoms with E-state index in [2.05, 4.69) is 4.98 Å². The van der Waals surface area contributed by atoms with Crippen molar-refractivity contribution in [1.29, 1.82) is 0 Å². The Morgan fingerprint density at radius 1 is 1.11 bits per heavy atom. The minimum Gasteiger partial charge on any atom is -0.484 e. The normalized spacial score (nSPS) is 12.6. The van der Waals surface area contributed by atoms with Crippen molar-refractivity contribution in [1.82, 2.24) is 10.3 Å². The van der Waals surface area contributed by atoms with E-state index in [1.54, 1.807) is 6.07 Å². The highest BCUT2D eigenvalue weighted by Crippen LogP contribution is 2.44. The van der Waals surface area contributed by atoms with Gasteiger partial charge in [-0.2, -0.15) is 26.3 Å². The summed E-state index contributed by atoms with van der Waals surface area (Å²) in [4.78, 5) is 15.7. The van der Waals surface area contributed by atoms with Crippen LogP contribution in [-0.2, 0) is 4.79 Å². The fourth-order valence-corrected chi connectivity index (χ4v) is 2.68. The van der Waals surface area contributed by atoms with Gasteiger partial charge in [-0.3, -0.25) is 4.79 Å². The van der Waals surface area contributed by atoms with Crippen LogP contribution in [0.4, 0.5) is 31.5 Å². The summed E-state index contributed by atoms with van der Waals surface area (Å²) in [6.45, 7) is 0.411. The van der Waals surface area contributed by atoms with E-state index in [9.17, 15) is 31.1 Å². The molecule has 0 radical (unpaired) electrons. The van der Waals surface area contributed by atoms with Crippen LogP contribution in [0.3, 0.4) is 0 Å². The number of aromatic nitrogens is 1. The summed E-state index contributed by atoms with van der Waals surface area (Å²) in [6, 6.07) is 7.45. The minimum absolute atomic E-state index is 0.112.